The number of aromatic nitrogens is 1. The lowest BCUT2D eigenvalue weighted by atomic mass is 9.77. The molecule has 1 spiro atoms. The molecule has 0 saturated heterocycles. The van der Waals surface area contributed by atoms with Gasteiger partial charge in [-0.15, -0.1) is 0 Å². The normalized spacial score (nSPS) is 20.8. The molecule has 1 atom stereocenters. The van der Waals surface area contributed by atoms with Gasteiger partial charge in [0.2, 0.25) is 5.91 Å². The minimum absolute atomic E-state index is 0.00387. The zero-order valence-electron chi connectivity index (χ0n) is 16.6. The predicted octanol–water partition coefficient (Wildman–Crippen LogP) is 3.39. The van der Waals surface area contributed by atoms with Crippen molar-refractivity contribution in [3.8, 4) is 17.2 Å². The predicted molar refractivity (Wildman–Crippen MR) is 110 cm³/mol. The van der Waals surface area contributed by atoms with E-state index in [0.717, 1.165) is 28.1 Å². The van der Waals surface area contributed by atoms with Crippen molar-refractivity contribution >= 4 is 11.6 Å². The Morgan fingerprint density at radius 2 is 1.77 bits per heavy atom. The number of nitrogens with zero attached hydrogens (tertiary/aromatic N) is 2. The highest BCUT2D eigenvalue weighted by molar-refractivity contribution is 6.11. The van der Waals surface area contributed by atoms with Gasteiger partial charge in [0.15, 0.2) is 11.5 Å². The first-order valence-electron chi connectivity index (χ1n) is 10.1. The van der Waals surface area contributed by atoms with Gasteiger partial charge in [0.25, 0.3) is 0 Å². The van der Waals surface area contributed by atoms with E-state index in [0.29, 0.717) is 37.0 Å². The maximum Gasteiger partial charge on any atom is 0.246 e. The number of ether oxygens (including phenoxy) is 3. The van der Waals surface area contributed by atoms with Gasteiger partial charge in [-0.2, -0.15) is 0 Å². The van der Waals surface area contributed by atoms with Gasteiger partial charge >= 0.3 is 0 Å². The Hall–Kier alpha value is -3.54. The van der Waals surface area contributed by atoms with Crippen LogP contribution in [0.2, 0.25) is 0 Å². The SMILES string of the molecule is Cc1cccnc1CN1C(=O)[C@@]2(COc3cc4c(cc32)OCCO4)c2ccccc21. The van der Waals surface area contributed by atoms with Crippen LogP contribution >= 0.6 is 0 Å². The number of aryl methyl sites for hydroxylation is 1. The molecule has 4 heterocycles. The summed E-state index contributed by atoms with van der Waals surface area (Å²) in [4.78, 5) is 20.3. The molecule has 3 aromatic rings. The first kappa shape index (κ1) is 17.3. The second-order valence-electron chi connectivity index (χ2n) is 7.86. The Bertz CT molecular complexity index is 1190. The molecule has 3 aliphatic rings. The third kappa shape index (κ3) is 2.24. The van der Waals surface area contributed by atoms with Gasteiger partial charge in [0.1, 0.15) is 31.0 Å². The van der Waals surface area contributed by atoms with Crippen LogP contribution in [0.4, 0.5) is 5.69 Å². The maximum atomic E-state index is 14.0. The number of hydrogen-bond acceptors (Lipinski definition) is 5. The van der Waals surface area contributed by atoms with Crippen LogP contribution in [0.3, 0.4) is 0 Å². The van der Waals surface area contributed by atoms with Crippen LogP contribution in [0.1, 0.15) is 22.4 Å². The zero-order valence-corrected chi connectivity index (χ0v) is 16.6. The summed E-state index contributed by atoms with van der Waals surface area (Å²) in [6.07, 6.45) is 1.77. The van der Waals surface area contributed by atoms with Crippen LogP contribution in [0.25, 0.3) is 0 Å². The molecule has 0 bridgehead atoms. The summed E-state index contributed by atoms with van der Waals surface area (Å²) in [6.45, 7) is 3.70. The molecule has 1 aromatic heterocycles. The topological polar surface area (TPSA) is 60.9 Å². The van der Waals surface area contributed by atoms with Crippen LogP contribution in [-0.2, 0) is 16.8 Å². The molecule has 2 aromatic carbocycles. The van der Waals surface area contributed by atoms with Crippen molar-refractivity contribution in [2.45, 2.75) is 18.9 Å². The molecular weight excluding hydrogens is 380 g/mol. The molecule has 150 valence electrons. The Morgan fingerprint density at radius 3 is 2.60 bits per heavy atom. The number of rotatable bonds is 2. The molecular formula is C24H20N2O4. The summed E-state index contributed by atoms with van der Waals surface area (Å²) in [6, 6.07) is 15.6. The Morgan fingerprint density at radius 1 is 0.967 bits per heavy atom. The zero-order chi connectivity index (χ0) is 20.3. The Balaban J connectivity index is 1.50. The number of carbonyl (C=O) groups excluding carboxylic acids is 1. The van der Waals surface area contributed by atoms with Crippen molar-refractivity contribution in [2.24, 2.45) is 0 Å². The molecule has 0 N–H and O–H groups in total. The number of pyridine rings is 1. The van der Waals surface area contributed by atoms with Crippen molar-refractivity contribution < 1.29 is 19.0 Å². The fraction of sp³-hybridized carbons (Fsp3) is 0.250. The minimum Gasteiger partial charge on any atom is -0.491 e. The summed E-state index contributed by atoms with van der Waals surface area (Å²) in [5, 5.41) is 0. The summed E-state index contributed by atoms with van der Waals surface area (Å²) >= 11 is 0. The summed E-state index contributed by atoms with van der Waals surface area (Å²) in [7, 11) is 0. The van der Waals surface area contributed by atoms with E-state index in [9.17, 15) is 4.79 Å². The number of hydrogen-bond donors (Lipinski definition) is 0. The van der Waals surface area contributed by atoms with Gasteiger partial charge in [-0.05, 0) is 36.2 Å². The van der Waals surface area contributed by atoms with Gasteiger partial charge in [-0.3, -0.25) is 9.78 Å². The molecule has 0 radical (unpaired) electrons. The molecule has 6 nitrogen and oxygen atoms in total. The molecule has 6 heteroatoms. The van der Waals surface area contributed by atoms with Crippen LogP contribution in [-0.4, -0.2) is 30.7 Å². The molecule has 1 amide bonds. The number of carbonyl (C=O) groups is 1. The van der Waals surface area contributed by atoms with Crippen molar-refractivity contribution in [2.75, 3.05) is 24.7 Å². The quantitative estimate of drug-likeness (QED) is 0.660. The Kier molecular flexibility index (Phi) is 3.60. The van der Waals surface area contributed by atoms with E-state index in [1.807, 2.05) is 60.4 Å². The number of amides is 1. The standard InChI is InChI=1S/C24H20N2O4/c1-15-5-4-8-25-18(15)13-26-19-7-3-2-6-16(19)24(23(26)27)14-30-20-12-22-21(11-17(20)24)28-9-10-29-22/h2-8,11-12H,9-10,13-14H2,1H3/t24-/m0/s1. The lowest BCUT2D eigenvalue weighted by Crippen LogP contribution is -2.42. The van der Waals surface area contributed by atoms with E-state index in [-0.39, 0.29) is 12.5 Å². The highest BCUT2D eigenvalue weighted by Gasteiger charge is 2.57. The molecule has 3 aliphatic heterocycles. The number of fused-ring (bicyclic) bond motifs is 5. The Labute approximate surface area is 174 Å². The largest absolute Gasteiger partial charge is 0.491 e. The third-order valence-corrected chi connectivity index (χ3v) is 6.24. The molecule has 0 aliphatic carbocycles. The van der Waals surface area contributed by atoms with E-state index >= 15 is 0 Å². The average Bonchev–Trinajstić information content (AvgIpc) is 3.26. The number of benzene rings is 2. The number of para-hydroxylation sites is 1. The summed E-state index contributed by atoms with van der Waals surface area (Å²) in [5.74, 6) is 2.01. The van der Waals surface area contributed by atoms with E-state index in [1.54, 1.807) is 6.20 Å². The van der Waals surface area contributed by atoms with Gasteiger partial charge in [-0.1, -0.05) is 24.3 Å². The van der Waals surface area contributed by atoms with Crippen LogP contribution in [0.5, 0.6) is 17.2 Å². The van der Waals surface area contributed by atoms with Gasteiger partial charge in [0.05, 0.1) is 12.2 Å². The van der Waals surface area contributed by atoms with Crippen LogP contribution < -0.4 is 19.1 Å². The van der Waals surface area contributed by atoms with Gasteiger partial charge in [-0.25, -0.2) is 0 Å². The maximum absolute atomic E-state index is 14.0. The van der Waals surface area contributed by atoms with Crippen molar-refractivity contribution in [1.29, 1.82) is 0 Å². The van der Waals surface area contributed by atoms with Crippen LogP contribution in [0, 0.1) is 6.92 Å². The molecule has 0 fully saturated rings. The first-order chi connectivity index (χ1) is 14.7. The molecule has 6 rings (SSSR count). The summed E-state index contributed by atoms with van der Waals surface area (Å²) in [5.41, 5.74) is 3.76. The first-order valence-corrected chi connectivity index (χ1v) is 10.1. The lowest BCUT2D eigenvalue weighted by molar-refractivity contribution is -0.122. The average molecular weight is 400 g/mol. The molecule has 30 heavy (non-hydrogen) atoms. The van der Waals surface area contributed by atoms with Crippen molar-refractivity contribution in [3.63, 3.8) is 0 Å². The lowest BCUT2D eigenvalue weighted by Gasteiger charge is -2.24. The smallest absolute Gasteiger partial charge is 0.246 e. The van der Waals surface area contributed by atoms with E-state index in [4.69, 9.17) is 14.2 Å². The van der Waals surface area contributed by atoms with Crippen LogP contribution in [0.15, 0.2) is 54.7 Å². The monoisotopic (exact) mass is 400 g/mol. The van der Waals surface area contributed by atoms with E-state index < -0.39 is 5.41 Å². The van der Waals surface area contributed by atoms with Gasteiger partial charge < -0.3 is 19.1 Å². The number of anilines is 1. The van der Waals surface area contributed by atoms with E-state index in [1.165, 1.54) is 0 Å². The summed E-state index contributed by atoms with van der Waals surface area (Å²) < 4.78 is 17.6. The second-order valence-corrected chi connectivity index (χ2v) is 7.86. The molecule has 0 saturated carbocycles. The third-order valence-electron chi connectivity index (χ3n) is 6.24. The second kappa shape index (κ2) is 6.23. The fourth-order valence-corrected chi connectivity index (χ4v) is 4.70. The fourth-order valence-electron chi connectivity index (χ4n) is 4.70. The van der Waals surface area contributed by atoms with Crippen molar-refractivity contribution in [1.82, 2.24) is 4.98 Å². The van der Waals surface area contributed by atoms with Crippen molar-refractivity contribution in [3.05, 3.63) is 77.1 Å². The highest BCUT2D eigenvalue weighted by atomic mass is 16.6. The molecule has 0 unspecified atom stereocenters. The van der Waals surface area contributed by atoms with Gasteiger partial charge in [0, 0.05) is 23.5 Å². The minimum atomic E-state index is -0.884. The highest BCUT2D eigenvalue weighted by Crippen LogP contribution is 2.54. The van der Waals surface area contributed by atoms with E-state index in [2.05, 4.69) is 4.98 Å².